The third kappa shape index (κ3) is 1.45. The van der Waals surface area contributed by atoms with Gasteiger partial charge in [-0.1, -0.05) is 48.5 Å². The molecule has 2 aromatic carbocycles. The maximum Gasteiger partial charge on any atom is 0.194 e. The number of rotatable bonds is 1. The third-order valence-electron chi connectivity index (χ3n) is 3.69. The van der Waals surface area contributed by atoms with Crippen molar-refractivity contribution < 1.29 is 4.79 Å². The van der Waals surface area contributed by atoms with E-state index in [4.69, 9.17) is 0 Å². The number of pyridine rings is 1. The van der Waals surface area contributed by atoms with Crippen LogP contribution in [0.3, 0.4) is 0 Å². The van der Waals surface area contributed by atoms with E-state index in [1.165, 1.54) is 0 Å². The van der Waals surface area contributed by atoms with Crippen LogP contribution in [0.15, 0.2) is 66.9 Å². The van der Waals surface area contributed by atoms with Gasteiger partial charge in [-0.15, -0.1) is 0 Å². The predicted octanol–water partition coefficient (Wildman–Crippen LogP) is 3.96. The standard InChI is InChI=1S/C18H11NO/c20-18-14-7-2-1-6-12(14)13-8-5-9-15(17(13)18)16-10-3-4-11-19-16/h1-11H. The number of hydrogen-bond acceptors (Lipinski definition) is 2. The number of nitrogens with zero attached hydrogens (tertiary/aromatic N) is 1. The molecule has 3 aromatic rings. The van der Waals surface area contributed by atoms with Gasteiger partial charge in [-0.2, -0.15) is 0 Å². The number of carbonyl (C=O) groups excluding carboxylic acids is 1. The van der Waals surface area contributed by atoms with Gasteiger partial charge in [0.15, 0.2) is 5.78 Å². The first-order chi connectivity index (χ1) is 9.86. The van der Waals surface area contributed by atoms with E-state index >= 15 is 0 Å². The Hall–Kier alpha value is -2.74. The van der Waals surface area contributed by atoms with Gasteiger partial charge in [0, 0.05) is 22.9 Å². The molecule has 0 saturated heterocycles. The summed E-state index contributed by atoms with van der Waals surface area (Å²) in [7, 11) is 0. The molecule has 0 aliphatic heterocycles. The zero-order valence-electron chi connectivity index (χ0n) is 10.7. The van der Waals surface area contributed by atoms with E-state index in [1.54, 1.807) is 6.20 Å². The molecule has 1 aliphatic rings. The van der Waals surface area contributed by atoms with Crippen molar-refractivity contribution in [3.8, 4) is 22.4 Å². The van der Waals surface area contributed by atoms with Crippen molar-refractivity contribution in [1.82, 2.24) is 4.98 Å². The molecule has 2 heteroatoms. The summed E-state index contributed by atoms with van der Waals surface area (Å²) >= 11 is 0. The van der Waals surface area contributed by atoms with Gasteiger partial charge in [-0.05, 0) is 23.3 Å². The average molecular weight is 257 g/mol. The lowest BCUT2D eigenvalue weighted by Gasteiger charge is -2.06. The molecule has 20 heavy (non-hydrogen) atoms. The topological polar surface area (TPSA) is 30.0 Å². The van der Waals surface area contributed by atoms with Gasteiger partial charge >= 0.3 is 0 Å². The van der Waals surface area contributed by atoms with Gasteiger partial charge in [-0.3, -0.25) is 9.78 Å². The van der Waals surface area contributed by atoms with Gasteiger partial charge in [0.25, 0.3) is 0 Å². The van der Waals surface area contributed by atoms with E-state index in [0.717, 1.165) is 33.5 Å². The number of aromatic nitrogens is 1. The molecule has 94 valence electrons. The van der Waals surface area contributed by atoms with Crippen molar-refractivity contribution in [3.63, 3.8) is 0 Å². The molecule has 0 spiro atoms. The van der Waals surface area contributed by atoms with E-state index in [9.17, 15) is 4.79 Å². The maximum atomic E-state index is 12.7. The Morgan fingerprint density at radius 3 is 2.15 bits per heavy atom. The minimum Gasteiger partial charge on any atom is -0.289 e. The summed E-state index contributed by atoms with van der Waals surface area (Å²) in [4.78, 5) is 17.0. The summed E-state index contributed by atoms with van der Waals surface area (Å²) in [5.74, 6) is 0.0943. The van der Waals surface area contributed by atoms with Crippen LogP contribution in [0.5, 0.6) is 0 Å². The quantitative estimate of drug-likeness (QED) is 0.516. The zero-order valence-corrected chi connectivity index (χ0v) is 10.7. The highest BCUT2D eigenvalue weighted by molar-refractivity contribution is 6.24. The van der Waals surface area contributed by atoms with Crippen LogP contribution in [0.4, 0.5) is 0 Å². The van der Waals surface area contributed by atoms with Crippen molar-refractivity contribution >= 4 is 5.78 Å². The van der Waals surface area contributed by atoms with Crippen molar-refractivity contribution in [2.24, 2.45) is 0 Å². The number of fused-ring (bicyclic) bond motifs is 3. The summed E-state index contributed by atoms with van der Waals surface area (Å²) in [6.45, 7) is 0. The molecule has 0 radical (unpaired) electrons. The molecule has 2 nitrogen and oxygen atoms in total. The number of carbonyl (C=O) groups is 1. The Morgan fingerprint density at radius 2 is 1.35 bits per heavy atom. The highest BCUT2D eigenvalue weighted by atomic mass is 16.1. The van der Waals surface area contributed by atoms with E-state index in [-0.39, 0.29) is 5.78 Å². The van der Waals surface area contributed by atoms with Crippen molar-refractivity contribution in [2.75, 3.05) is 0 Å². The van der Waals surface area contributed by atoms with Crippen LogP contribution < -0.4 is 0 Å². The monoisotopic (exact) mass is 257 g/mol. The van der Waals surface area contributed by atoms with Gasteiger partial charge in [0.05, 0.1) is 5.69 Å². The molecule has 0 amide bonds. The summed E-state index contributed by atoms with van der Waals surface area (Å²) in [5, 5.41) is 0. The second-order valence-electron chi connectivity index (χ2n) is 4.82. The minimum absolute atomic E-state index is 0.0943. The molecule has 0 bridgehead atoms. The smallest absolute Gasteiger partial charge is 0.194 e. The largest absolute Gasteiger partial charge is 0.289 e. The Kier molecular flexibility index (Phi) is 2.30. The minimum atomic E-state index is 0.0943. The Balaban J connectivity index is 2.03. The highest BCUT2D eigenvalue weighted by Crippen LogP contribution is 2.40. The van der Waals surface area contributed by atoms with Crippen LogP contribution in [-0.2, 0) is 0 Å². The second-order valence-corrected chi connectivity index (χ2v) is 4.82. The first kappa shape index (κ1) is 11.1. The van der Waals surface area contributed by atoms with Crippen molar-refractivity contribution in [1.29, 1.82) is 0 Å². The first-order valence-corrected chi connectivity index (χ1v) is 6.55. The van der Waals surface area contributed by atoms with E-state index in [0.29, 0.717) is 0 Å². The Morgan fingerprint density at radius 1 is 0.650 bits per heavy atom. The predicted molar refractivity (Wildman–Crippen MR) is 78.5 cm³/mol. The average Bonchev–Trinajstić information content (AvgIpc) is 2.82. The van der Waals surface area contributed by atoms with Crippen LogP contribution in [-0.4, -0.2) is 10.8 Å². The molecule has 0 fully saturated rings. The maximum absolute atomic E-state index is 12.7. The van der Waals surface area contributed by atoms with Crippen LogP contribution in [0.1, 0.15) is 15.9 Å². The summed E-state index contributed by atoms with van der Waals surface area (Å²) < 4.78 is 0. The molecular weight excluding hydrogens is 246 g/mol. The van der Waals surface area contributed by atoms with Gasteiger partial charge in [0.1, 0.15) is 0 Å². The summed E-state index contributed by atoms with van der Waals surface area (Å²) in [6, 6.07) is 19.5. The summed E-state index contributed by atoms with van der Waals surface area (Å²) in [5.41, 5.74) is 5.33. The number of benzene rings is 2. The van der Waals surface area contributed by atoms with E-state index < -0.39 is 0 Å². The zero-order chi connectivity index (χ0) is 13.5. The number of ketones is 1. The molecule has 1 heterocycles. The van der Waals surface area contributed by atoms with Gasteiger partial charge in [0.2, 0.25) is 0 Å². The fourth-order valence-electron chi connectivity index (χ4n) is 2.81. The molecule has 4 rings (SSSR count). The second kappa shape index (κ2) is 4.14. The van der Waals surface area contributed by atoms with E-state index in [2.05, 4.69) is 4.98 Å². The van der Waals surface area contributed by atoms with Crippen LogP contribution >= 0.6 is 0 Å². The van der Waals surface area contributed by atoms with Crippen LogP contribution in [0, 0.1) is 0 Å². The molecule has 0 N–H and O–H groups in total. The third-order valence-corrected chi connectivity index (χ3v) is 3.69. The van der Waals surface area contributed by atoms with E-state index in [1.807, 2.05) is 60.7 Å². The molecule has 1 aromatic heterocycles. The van der Waals surface area contributed by atoms with Gasteiger partial charge in [-0.25, -0.2) is 0 Å². The molecule has 0 atom stereocenters. The molecular formula is C18H11NO. The van der Waals surface area contributed by atoms with Crippen LogP contribution in [0.2, 0.25) is 0 Å². The fourth-order valence-corrected chi connectivity index (χ4v) is 2.81. The molecule has 0 unspecified atom stereocenters. The Bertz CT molecular complexity index is 822. The van der Waals surface area contributed by atoms with Crippen LogP contribution in [0.25, 0.3) is 22.4 Å². The molecule has 1 aliphatic carbocycles. The van der Waals surface area contributed by atoms with Crippen molar-refractivity contribution in [2.45, 2.75) is 0 Å². The SMILES string of the molecule is O=C1c2ccccc2-c2cccc(-c3ccccn3)c21. The summed E-state index contributed by atoms with van der Waals surface area (Å²) in [6.07, 6.45) is 1.75. The van der Waals surface area contributed by atoms with Crippen molar-refractivity contribution in [3.05, 3.63) is 78.0 Å². The normalized spacial score (nSPS) is 12.1. The lowest BCUT2D eigenvalue weighted by molar-refractivity contribution is 0.104. The first-order valence-electron chi connectivity index (χ1n) is 6.55. The molecule has 0 saturated carbocycles. The lowest BCUT2D eigenvalue weighted by Crippen LogP contribution is -1.98. The Labute approximate surface area is 116 Å². The lowest BCUT2D eigenvalue weighted by atomic mass is 9.98. The van der Waals surface area contributed by atoms with Gasteiger partial charge < -0.3 is 0 Å². The number of hydrogen-bond donors (Lipinski definition) is 0. The highest BCUT2D eigenvalue weighted by Gasteiger charge is 2.29. The fraction of sp³-hybridized carbons (Fsp3) is 0.